The van der Waals surface area contributed by atoms with E-state index in [2.05, 4.69) is 33.2 Å². The second kappa shape index (κ2) is 5.13. The summed E-state index contributed by atoms with van der Waals surface area (Å²) in [5.74, 6) is 0. The monoisotopic (exact) mass is 327 g/mol. The van der Waals surface area contributed by atoms with Crippen LogP contribution in [0.2, 0.25) is 0 Å². The summed E-state index contributed by atoms with van der Waals surface area (Å²) in [6.07, 6.45) is 3.89. The first-order chi connectivity index (χ1) is 9.65. The topological polar surface area (TPSA) is 43.8 Å². The first-order valence-electron chi connectivity index (χ1n) is 6.31. The normalized spacial score (nSPS) is 10.7. The maximum absolute atomic E-state index is 5.90. The molecule has 100 valence electrons. The second-order valence-electron chi connectivity index (χ2n) is 4.70. The Labute approximate surface area is 126 Å². The number of aryl methyl sites for hydroxylation is 1. The number of anilines is 1. The van der Waals surface area contributed by atoms with Crippen molar-refractivity contribution < 1.29 is 0 Å². The number of benzene rings is 2. The highest BCUT2D eigenvalue weighted by molar-refractivity contribution is 9.10. The SMILES string of the molecule is Cc1cc(-n2cc(-c3ccccc3)cn2)c(Br)cc1N. The van der Waals surface area contributed by atoms with E-state index < -0.39 is 0 Å². The van der Waals surface area contributed by atoms with E-state index in [-0.39, 0.29) is 0 Å². The van der Waals surface area contributed by atoms with Crippen LogP contribution in [-0.4, -0.2) is 9.78 Å². The minimum atomic E-state index is 0.774. The summed E-state index contributed by atoms with van der Waals surface area (Å²) >= 11 is 3.54. The molecule has 1 aromatic heterocycles. The molecule has 3 rings (SSSR count). The summed E-state index contributed by atoms with van der Waals surface area (Å²) in [6.45, 7) is 1.99. The molecule has 0 saturated carbocycles. The summed E-state index contributed by atoms with van der Waals surface area (Å²) in [7, 11) is 0. The van der Waals surface area contributed by atoms with E-state index in [0.29, 0.717) is 0 Å². The van der Waals surface area contributed by atoms with Gasteiger partial charge in [0.05, 0.1) is 11.9 Å². The van der Waals surface area contributed by atoms with Crippen LogP contribution in [0.25, 0.3) is 16.8 Å². The average Bonchev–Trinajstić information content (AvgIpc) is 2.93. The Bertz CT molecular complexity index is 748. The molecule has 3 nitrogen and oxygen atoms in total. The van der Waals surface area contributed by atoms with Crippen molar-refractivity contribution in [2.24, 2.45) is 0 Å². The number of nitrogen functional groups attached to an aromatic ring is 1. The molecular formula is C16H14BrN3. The van der Waals surface area contributed by atoms with E-state index >= 15 is 0 Å². The molecule has 0 aliphatic carbocycles. The molecule has 0 bridgehead atoms. The zero-order valence-corrected chi connectivity index (χ0v) is 12.6. The van der Waals surface area contributed by atoms with Gasteiger partial charge in [-0.3, -0.25) is 0 Å². The molecule has 2 N–H and O–H groups in total. The van der Waals surface area contributed by atoms with Crippen LogP contribution in [0.3, 0.4) is 0 Å². The smallest absolute Gasteiger partial charge is 0.0791 e. The van der Waals surface area contributed by atoms with Crippen molar-refractivity contribution in [1.82, 2.24) is 9.78 Å². The lowest BCUT2D eigenvalue weighted by molar-refractivity contribution is 0.875. The predicted octanol–water partition coefficient (Wildman–Crippen LogP) is 4.19. The van der Waals surface area contributed by atoms with E-state index in [9.17, 15) is 0 Å². The van der Waals surface area contributed by atoms with Crippen molar-refractivity contribution in [3.63, 3.8) is 0 Å². The van der Waals surface area contributed by atoms with Crippen LogP contribution in [0.15, 0.2) is 59.3 Å². The van der Waals surface area contributed by atoms with E-state index in [1.165, 1.54) is 0 Å². The fraction of sp³-hybridized carbons (Fsp3) is 0.0625. The van der Waals surface area contributed by atoms with Gasteiger partial charge in [0.2, 0.25) is 0 Å². The molecule has 1 heterocycles. The number of rotatable bonds is 2. The van der Waals surface area contributed by atoms with Gasteiger partial charge in [0.1, 0.15) is 0 Å². The summed E-state index contributed by atoms with van der Waals surface area (Å²) < 4.78 is 2.79. The van der Waals surface area contributed by atoms with Crippen molar-refractivity contribution >= 4 is 21.6 Å². The molecule has 2 aromatic carbocycles. The Balaban J connectivity index is 2.05. The molecule has 0 saturated heterocycles. The van der Waals surface area contributed by atoms with Crippen molar-refractivity contribution in [2.75, 3.05) is 5.73 Å². The Morgan fingerprint density at radius 2 is 1.85 bits per heavy atom. The third-order valence-corrected chi connectivity index (χ3v) is 3.91. The van der Waals surface area contributed by atoms with E-state index in [1.54, 1.807) is 0 Å². The third kappa shape index (κ3) is 2.34. The summed E-state index contributed by atoms with van der Waals surface area (Å²) in [4.78, 5) is 0. The van der Waals surface area contributed by atoms with Gasteiger partial charge in [0, 0.05) is 21.9 Å². The predicted molar refractivity (Wildman–Crippen MR) is 85.8 cm³/mol. The zero-order chi connectivity index (χ0) is 14.1. The first-order valence-corrected chi connectivity index (χ1v) is 7.10. The molecule has 0 aliphatic rings. The molecule has 0 unspecified atom stereocenters. The molecule has 0 fully saturated rings. The van der Waals surface area contributed by atoms with Crippen molar-refractivity contribution in [3.8, 4) is 16.8 Å². The van der Waals surface area contributed by atoms with Gasteiger partial charge in [-0.25, -0.2) is 4.68 Å². The molecule has 20 heavy (non-hydrogen) atoms. The van der Waals surface area contributed by atoms with Gasteiger partial charge in [-0.15, -0.1) is 0 Å². The molecular weight excluding hydrogens is 314 g/mol. The molecule has 0 aliphatic heterocycles. The highest BCUT2D eigenvalue weighted by Gasteiger charge is 2.08. The quantitative estimate of drug-likeness (QED) is 0.717. The van der Waals surface area contributed by atoms with Gasteiger partial charge in [0.15, 0.2) is 0 Å². The fourth-order valence-corrected chi connectivity index (χ4v) is 2.63. The second-order valence-corrected chi connectivity index (χ2v) is 5.55. The van der Waals surface area contributed by atoms with Crippen LogP contribution in [-0.2, 0) is 0 Å². The third-order valence-electron chi connectivity index (χ3n) is 3.27. The lowest BCUT2D eigenvalue weighted by atomic mass is 10.1. The van der Waals surface area contributed by atoms with Crippen molar-refractivity contribution in [2.45, 2.75) is 6.92 Å². The standard InChI is InChI=1S/C16H14BrN3/c1-11-7-16(14(17)8-15(11)18)20-10-13(9-19-20)12-5-3-2-4-6-12/h2-10H,18H2,1H3. The van der Waals surface area contributed by atoms with Crippen LogP contribution in [0, 0.1) is 6.92 Å². The lowest BCUT2D eigenvalue weighted by Crippen LogP contribution is -1.98. The van der Waals surface area contributed by atoms with Crippen LogP contribution >= 0.6 is 15.9 Å². The van der Waals surface area contributed by atoms with E-state index in [0.717, 1.165) is 32.5 Å². The Hall–Kier alpha value is -2.07. The van der Waals surface area contributed by atoms with Crippen LogP contribution < -0.4 is 5.73 Å². The zero-order valence-electron chi connectivity index (χ0n) is 11.0. The van der Waals surface area contributed by atoms with Crippen LogP contribution in [0.1, 0.15) is 5.56 Å². The molecule has 0 radical (unpaired) electrons. The van der Waals surface area contributed by atoms with Crippen molar-refractivity contribution in [3.05, 3.63) is 64.9 Å². The fourth-order valence-electron chi connectivity index (χ4n) is 2.09. The number of hydrogen-bond donors (Lipinski definition) is 1. The number of nitrogens with two attached hydrogens (primary N) is 1. The van der Waals surface area contributed by atoms with Gasteiger partial charge in [-0.2, -0.15) is 5.10 Å². The Morgan fingerprint density at radius 1 is 1.10 bits per heavy atom. The van der Waals surface area contributed by atoms with Crippen molar-refractivity contribution in [1.29, 1.82) is 0 Å². The molecule has 3 aromatic rings. The van der Waals surface area contributed by atoms with Gasteiger partial charge in [0.25, 0.3) is 0 Å². The Morgan fingerprint density at radius 3 is 2.60 bits per heavy atom. The summed E-state index contributed by atoms with van der Waals surface area (Å²) in [6, 6.07) is 14.1. The van der Waals surface area contributed by atoms with Crippen LogP contribution in [0.5, 0.6) is 0 Å². The van der Waals surface area contributed by atoms with Gasteiger partial charge in [-0.1, -0.05) is 30.3 Å². The first kappa shape index (κ1) is 12.9. The highest BCUT2D eigenvalue weighted by atomic mass is 79.9. The largest absolute Gasteiger partial charge is 0.398 e. The summed E-state index contributed by atoms with van der Waals surface area (Å²) in [5.41, 5.74) is 10.9. The molecule has 0 amide bonds. The van der Waals surface area contributed by atoms with Gasteiger partial charge in [-0.05, 0) is 46.1 Å². The lowest BCUT2D eigenvalue weighted by Gasteiger charge is -2.08. The van der Waals surface area contributed by atoms with Crippen LogP contribution in [0.4, 0.5) is 5.69 Å². The maximum atomic E-state index is 5.90. The summed E-state index contributed by atoms with van der Waals surface area (Å²) in [5, 5.41) is 4.44. The van der Waals surface area contributed by atoms with Gasteiger partial charge < -0.3 is 5.73 Å². The molecule has 4 heteroatoms. The number of nitrogens with zero attached hydrogens (tertiary/aromatic N) is 2. The maximum Gasteiger partial charge on any atom is 0.0791 e. The number of aromatic nitrogens is 2. The van der Waals surface area contributed by atoms with Gasteiger partial charge >= 0.3 is 0 Å². The molecule has 0 spiro atoms. The number of halogens is 1. The number of hydrogen-bond acceptors (Lipinski definition) is 2. The Kier molecular flexibility index (Phi) is 3.32. The van der Waals surface area contributed by atoms with E-state index in [1.807, 2.05) is 54.3 Å². The molecule has 0 atom stereocenters. The highest BCUT2D eigenvalue weighted by Crippen LogP contribution is 2.27. The minimum absolute atomic E-state index is 0.774. The average molecular weight is 328 g/mol. The minimum Gasteiger partial charge on any atom is -0.398 e. The van der Waals surface area contributed by atoms with E-state index in [4.69, 9.17) is 5.73 Å².